The van der Waals surface area contributed by atoms with Gasteiger partial charge in [0.2, 0.25) is 0 Å². The highest BCUT2D eigenvalue weighted by molar-refractivity contribution is 5.85. The average Bonchev–Trinajstić information content (AvgIpc) is 2.77. The third kappa shape index (κ3) is 2.46. The van der Waals surface area contributed by atoms with Gasteiger partial charge in [0.15, 0.2) is 0 Å². The highest BCUT2D eigenvalue weighted by Gasteiger charge is 2.09. The summed E-state index contributed by atoms with van der Waals surface area (Å²) in [6, 6.07) is 12.3. The van der Waals surface area contributed by atoms with Crippen molar-refractivity contribution < 1.29 is 0 Å². The Morgan fingerprint density at radius 2 is 1.95 bits per heavy atom. The fourth-order valence-corrected chi connectivity index (χ4v) is 2.58. The van der Waals surface area contributed by atoms with E-state index in [9.17, 15) is 5.26 Å². The molecule has 0 bridgehead atoms. The highest BCUT2D eigenvalue weighted by Crippen LogP contribution is 2.26. The minimum Gasteiger partial charge on any atom is -0.359 e. The van der Waals surface area contributed by atoms with Gasteiger partial charge < -0.3 is 10.3 Å². The van der Waals surface area contributed by atoms with Crippen molar-refractivity contribution in [3.63, 3.8) is 0 Å². The maximum atomic E-state index is 9.31. The lowest BCUT2D eigenvalue weighted by atomic mass is 10.1. The Labute approximate surface area is 123 Å². The number of rotatable bonds is 2. The normalized spacial score (nSPS) is 10.6. The molecule has 4 heteroatoms. The number of hydrogen-bond acceptors (Lipinski definition) is 3. The van der Waals surface area contributed by atoms with E-state index in [-0.39, 0.29) is 0 Å². The average molecular weight is 276 g/mol. The van der Waals surface area contributed by atoms with Gasteiger partial charge in [-0.3, -0.25) is 4.98 Å². The van der Waals surface area contributed by atoms with Crippen LogP contribution in [0.2, 0.25) is 0 Å². The summed E-state index contributed by atoms with van der Waals surface area (Å²) in [6.07, 6.45) is 0. The molecule has 0 aliphatic heterocycles. The number of H-pyrrole nitrogens is 1. The Bertz CT molecular complexity index is 868. The third-order valence-corrected chi connectivity index (χ3v) is 3.47. The van der Waals surface area contributed by atoms with Crippen molar-refractivity contribution in [3.05, 3.63) is 53.0 Å². The first kappa shape index (κ1) is 13.2. The molecule has 0 aliphatic carbocycles. The van der Waals surface area contributed by atoms with Gasteiger partial charge in [-0.2, -0.15) is 5.26 Å². The van der Waals surface area contributed by atoms with Gasteiger partial charge in [0, 0.05) is 28.0 Å². The molecular formula is C17H16N4. The molecule has 0 saturated heterocycles. The molecule has 0 spiro atoms. The standard InChI is InChI=1S/C17H16N4/c1-10-6-13-8-14(4-5-16(13)20-10)21-17-7-11(2)19-12(3)15(17)9-18/h4-8,20H,1-3H3,(H,19,21). The molecule has 0 atom stereocenters. The Balaban J connectivity index is 2.04. The summed E-state index contributed by atoms with van der Waals surface area (Å²) >= 11 is 0. The minimum atomic E-state index is 0.589. The van der Waals surface area contributed by atoms with E-state index in [1.807, 2.05) is 39.0 Å². The van der Waals surface area contributed by atoms with Gasteiger partial charge in [-0.15, -0.1) is 0 Å². The Morgan fingerprint density at radius 1 is 1.14 bits per heavy atom. The number of benzene rings is 1. The number of pyridine rings is 1. The second-order valence-corrected chi connectivity index (χ2v) is 5.26. The number of aromatic amines is 1. The largest absolute Gasteiger partial charge is 0.359 e. The summed E-state index contributed by atoms with van der Waals surface area (Å²) < 4.78 is 0. The van der Waals surface area contributed by atoms with E-state index in [4.69, 9.17) is 0 Å². The quantitative estimate of drug-likeness (QED) is 0.740. The molecule has 2 N–H and O–H groups in total. The summed E-state index contributed by atoms with van der Waals surface area (Å²) in [5.74, 6) is 0. The van der Waals surface area contributed by atoms with E-state index < -0.39 is 0 Å². The van der Waals surface area contributed by atoms with E-state index in [0.717, 1.165) is 39.4 Å². The Hall–Kier alpha value is -2.80. The molecule has 21 heavy (non-hydrogen) atoms. The number of fused-ring (bicyclic) bond motifs is 1. The summed E-state index contributed by atoms with van der Waals surface area (Å²) in [4.78, 5) is 7.63. The molecule has 0 saturated carbocycles. The molecule has 0 amide bonds. The van der Waals surface area contributed by atoms with E-state index >= 15 is 0 Å². The molecule has 0 fully saturated rings. The summed E-state index contributed by atoms with van der Waals surface area (Å²) in [5.41, 5.74) is 6.24. The Morgan fingerprint density at radius 3 is 2.71 bits per heavy atom. The van der Waals surface area contributed by atoms with Gasteiger partial charge in [0.05, 0.1) is 16.9 Å². The zero-order valence-electron chi connectivity index (χ0n) is 12.3. The van der Waals surface area contributed by atoms with E-state index in [2.05, 4.69) is 33.5 Å². The van der Waals surface area contributed by atoms with Crippen LogP contribution < -0.4 is 5.32 Å². The van der Waals surface area contributed by atoms with Gasteiger partial charge in [-0.25, -0.2) is 0 Å². The van der Waals surface area contributed by atoms with Crippen molar-refractivity contribution in [1.29, 1.82) is 5.26 Å². The van der Waals surface area contributed by atoms with Gasteiger partial charge in [-0.1, -0.05) is 0 Å². The molecule has 104 valence electrons. The molecule has 0 radical (unpaired) electrons. The first-order chi connectivity index (χ1) is 10.1. The van der Waals surface area contributed by atoms with Crippen LogP contribution in [-0.2, 0) is 0 Å². The molecule has 0 unspecified atom stereocenters. The van der Waals surface area contributed by atoms with Crippen LogP contribution in [-0.4, -0.2) is 9.97 Å². The first-order valence-electron chi connectivity index (χ1n) is 6.81. The Kier molecular flexibility index (Phi) is 3.11. The van der Waals surface area contributed by atoms with Crippen LogP contribution in [0.3, 0.4) is 0 Å². The van der Waals surface area contributed by atoms with Gasteiger partial charge in [0.25, 0.3) is 0 Å². The number of anilines is 2. The van der Waals surface area contributed by atoms with Crippen LogP contribution >= 0.6 is 0 Å². The van der Waals surface area contributed by atoms with E-state index in [1.54, 1.807) is 0 Å². The molecule has 1 aromatic carbocycles. The SMILES string of the molecule is Cc1cc(Nc2ccc3[nH]c(C)cc3c2)c(C#N)c(C)n1. The number of aryl methyl sites for hydroxylation is 3. The van der Waals surface area contributed by atoms with Gasteiger partial charge >= 0.3 is 0 Å². The van der Waals surface area contributed by atoms with Crippen molar-refractivity contribution in [2.24, 2.45) is 0 Å². The number of nitrogens with one attached hydrogen (secondary N) is 2. The zero-order chi connectivity index (χ0) is 15.0. The lowest BCUT2D eigenvalue weighted by Gasteiger charge is -2.11. The van der Waals surface area contributed by atoms with Crippen molar-refractivity contribution in [2.45, 2.75) is 20.8 Å². The van der Waals surface area contributed by atoms with Crippen LogP contribution in [0.5, 0.6) is 0 Å². The molecule has 0 aliphatic rings. The monoisotopic (exact) mass is 276 g/mol. The van der Waals surface area contributed by atoms with Crippen molar-refractivity contribution in [1.82, 2.24) is 9.97 Å². The predicted octanol–water partition coefficient (Wildman–Crippen LogP) is 4.10. The van der Waals surface area contributed by atoms with Crippen LogP contribution in [0, 0.1) is 32.1 Å². The molecular weight excluding hydrogens is 260 g/mol. The van der Waals surface area contributed by atoms with Crippen LogP contribution in [0.25, 0.3) is 10.9 Å². The summed E-state index contributed by atoms with van der Waals surface area (Å²) in [6.45, 7) is 5.82. The van der Waals surface area contributed by atoms with E-state index in [1.165, 1.54) is 0 Å². The van der Waals surface area contributed by atoms with E-state index in [0.29, 0.717) is 5.56 Å². The fourth-order valence-electron chi connectivity index (χ4n) is 2.58. The van der Waals surface area contributed by atoms with Gasteiger partial charge in [-0.05, 0) is 51.1 Å². The minimum absolute atomic E-state index is 0.589. The topological polar surface area (TPSA) is 64.5 Å². The lowest BCUT2D eigenvalue weighted by Crippen LogP contribution is -1.99. The molecule has 4 nitrogen and oxygen atoms in total. The summed E-state index contributed by atoms with van der Waals surface area (Å²) in [7, 11) is 0. The third-order valence-electron chi connectivity index (χ3n) is 3.47. The second kappa shape index (κ2) is 4.95. The molecule has 3 rings (SSSR count). The zero-order valence-corrected chi connectivity index (χ0v) is 12.3. The predicted molar refractivity (Wildman–Crippen MR) is 84.7 cm³/mol. The van der Waals surface area contributed by atoms with Crippen LogP contribution in [0.1, 0.15) is 22.6 Å². The number of hydrogen-bond donors (Lipinski definition) is 2. The number of nitrogens with zero attached hydrogens (tertiary/aromatic N) is 2. The fraction of sp³-hybridized carbons (Fsp3) is 0.176. The molecule has 3 aromatic rings. The molecule has 2 heterocycles. The second-order valence-electron chi connectivity index (χ2n) is 5.26. The van der Waals surface area contributed by atoms with Crippen molar-refractivity contribution in [3.8, 4) is 6.07 Å². The smallest absolute Gasteiger partial charge is 0.103 e. The maximum Gasteiger partial charge on any atom is 0.103 e. The van der Waals surface area contributed by atoms with Crippen molar-refractivity contribution in [2.75, 3.05) is 5.32 Å². The number of nitriles is 1. The van der Waals surface area contributed by atoms with Gasteiger partial charge in [0.1, 0.15) is 6.07 Å². The molecule has 2 aromatic heterocycles. The van der Waals surface area contributed by atoms with Crippen molar-refractivity contribution >= 4 is 22.3 Å². The maximum absolute atomic E-state index is 9.31. The van der Waals surface area contributed by atoms with Crippen LogP contribution in [0.15, 0.2) is 30.3 Å². The first-order valence-corrected chi connectivity index (χ1v) is 6.81. The number of aromatic nitrogens is 2. The van der Waals surface area contributed by atoms with Crippen LogP contribution in [0.4, 0.5) is 11.4 Å². The lowest BCUT2D eigenvalue weighted by molar-refractivity contribution is 1.11. The highest BCUT2D eigenvalue weighted by atomic mass is 14.9. The summed E-state index contributed by atoms with van der Waals surface area (Å²) in [5, 5.41) is 13.8.